The molecule has 0 unspecified atom stereocenters. The van der Waals surface area contributed by atoms with Gasteiger partial charge in [-0.25, -0.2) is 13.1 Å². The van der Waals surface area contributed by atoms with Crippen molar-refractivity contribution < 1.29 is 13.2 Å². The maximum atomic E-state index is 12.7. The van der Waals surface area contributed by atoms with E-state index in [-0.39, 0.29) is 17.0 Å². The van der Waals surface area contributed by atoms with Gasteiger partial charge in [0, 0.05) is 24.2 Å². The van der Waals surface area contributed by atoms with Crippen molar-refractivity contribution in [2.75, 3.05) is 18.4 Å². The second kappa shape index (κ2) is 8.54. The lowest BCUT2D eigenvalue weighted by Crippen LogP contribution is -2.31. The maximum absolute atomic E-state index is 12.7. The van der Waals surface area contributed by atoms with E-state index in [0.717, 1.165) is 4.68 Å². The van der Waals surface area contributed by atoms with E-state index in [0.29, 0.717) is 29.5 Å². The summed E-state index contributed by atoms with van der Waals surface area (Å²) in [6, 6.07) is 13.0. The van der Waals surface area contributed by atoms with Crippen LogP contribution in [0, 0.1) is 0 Å². The Bertz CT molecular complexity index is 1200. The van der Waals surface area contributed by atoms with Gasteiger partial charge in [-0.1, -0.05) is 38.1 Å². The summed E-state index contributed by atoms with van der Waals surface area (Å²) in [5.41, 5.74) is -0.0341. The molecular formula is C20H22N4O4S. The van der Waals surface area contributed by atoms with E-state index in [9.17, 15) is 18.0 Å². The number of aromatic nitrogens is 2. The van der Waals surface area contributed by atoms with Crippen molar-refractivity contribution in [3.8, 4) is 0 Å². The lowest BCUT2D eigenvalue weighted by molar-refractivity contribution is -0.117. The summed E-state index contributed by atoms with van der Waals surface area (Å²) in [6.45, 7) is 3.95. The van der Waals surface area contributed by atoms with E-state index in [1.54, 1.807) is 50.2 Å². The summed E-state index contributed by atoms with van der Waals surface area (Å²) in [5, 5.41) is 7.83. The predicted octanol–water partition coefficient (Wildman–Crippen LogP) is 2.07. The SMILES string of the molecule is CCN(CC)S(=O)(=O)c1cccc(NC(=O)Cn2ncc3ccccc3c2=O)c1. The lowest BCUT2D eigenvalue weighted by Gasteiger charge is -2.18. The van der Waals surface area contributed by atoms with Crippen LogP contribution in [0.25, 0.3) is 10.8 Å². The topological polar surface area (TPSA) is 101 Å². The number of fused-ring (bicyclic) bond motifs is 1. The molecule has 1 N–H and O–H groups in total. The second-order valence-electron chi connectivity index (χ2n) is 6.36. The van der Waals surface area contributed by atoms with E-state index < -0.39 is 15.9 Å². The Balaban J connectivity index is 1.80. The van der Waals surface area contributed by atoms with Crippen molar-refractivity contribution in [1.82, 2.24) is 14.1 Å². The quantitative estimate of drug-likeness (QED) is 0.638. The molecule has 1 amide bonds. The van der Waals surface area contributed by atoms with Gasteiger partial charge in [0.2, 0.25) is 15.9 Å². The lowest BCUT2D eigenvalue weighted by atomic mass is 10.2. The third kappa shape index (κ3) is 4.36. The van der Waals surface area contributed by atoms with E-state index in [1.165, 1.54) is 22.6 Å². The highest BCUT2D eigenvalue weighted by atomic mass is 32.2. The molecule has 0 radical (unpaired) electrons. The van der Waals surface area contributed by atoms with Gasteiger partial charge >= 0.3 is 0 Å². The minimum Gasteiger partial charge on any atom is -0.324 e. The molecule has 1 aromatic heterocycles. The standard InChI is InChI=1S/C20H22N4O4S/c1-3-23(4-2)29(27,28)17-10-7-9-16(12-17)22-19(25)14-24-20(26)18-11-6-5-8-15(18)13-21-24/h5-13H,3-4,14H2,1-2H3,(H,22,25). The fourth-order valence-electron chi connectivity index (χ4n) is 3.02. The van der Waals surface area contributed by atoms with Crippen molar-refractivity contribution in [1.29, 1.82) is 0 Å². The summed E-state index contributed by atoms with van der Waals surface area (Å²) in [7, 11) is -3.63. The van der Waals surface area contributed by atoms with Gasteiger partial charge in [-0.15, -0.1) is 0 Å². The zero-order valence-corrected chi connectivity index (χ0v) is 17.0. The van der Waals surface area contributed by atoms with Crippen molar-refractivity contribution in [2.45, 2.75) is 25.3 Å². The van der Waals surface area contributed by atoms with Crippen LogP contribution in [-0.2, 0) is 21.4 Å². The van der Waals surface area contributed by atoms with Crippen molar-refractivity contribution in [3.63, 3.8) is 0 Å². The molecule has 2 aromatic carbocycles. The van der Waals surface area contributed by atoms with Crippen LogP contribution in [0.4, 0.5) is 5.69 Å². The molecule has 0 atom stereocenters. The van der Waals surface area contributed by atoms with E-state index in [2.05, 4.69) is 10.4 Å². The summed E-state index contributed by atoms with van der Waals surface area (Å²) >= 11 is 0. The minimum atomic E-state index is -3.63. The van der Waals surface area contributed by atoms with Crippen LogP contribution in [0.2, 0.25) is 0 Å². The maximum Gasteiger partial charge on any atom is 0.275 e. The summed E-state index contributed by atoms with van der Waals surface area (Å²) in [6.07, 6.45) is 1.53. The second-order valence-corrected chi connectivity index (χ2v) is 8.30. The Labute approximate surface area is 168 Å². The van der Waals surface area contributed by atoms with Crippen LogP contribution in [0.3, 0.4) is 0 Å². The van der Waals surface area contributed by atoms with Crippen molar-refractivity contribution in [3.05, 3.63) is 65.1 Å². The smallest absolute Gasteiger partial charge is 0.275 e. The van der Waals surface area contributed by atoms with Gasteiger partial charge in [0.1, 0.15) is 6.54 Å². The number of nitrogens with one attached hydrogen (secondary N) is 1. The van der Waals surface area contributed by atoms with Gasteiger partial charge in [-0.3, -0.25) is 9.59 Å². The first-order valence-electron chi connectivity index (χ1n) is 9.21. The number of benzene rings is 2. The van der Waals surface area contributed by atoms with E-state index in [4.69, 9.17) is 0 Å². The fourth-order valence-corrected chi connectivity index (χ4v) is 4.53. The molecule has 0 spiro atoms. The van der Waals surface area contributed by atoms with Gasteiger partial charge in [0.15, 0.2) is 0 Å². The average Bonchev–Trinajstić information content (AvgIpc) is 2.71. The van der Waals surface area contributed by atoms with Crippen LogP contribution in [0.1, 0.15) is 13.8 Å². The zero-order chi connectivity index (χ0) is 21.0. The molecule has 0 saturated carbocycles. The molecule has 3 aromatic rings. The number of amides is 1. The van der Waals surface area contributed by atoms with Crippen LogP contribution in [0.5, 0.6) is 0 Å². The Morgan fingerprint density at radius 3 is 2.55 bits per heavy atom. The zero-order valence-electron chi connectivity index (χ0n) is 16.2. The number of carbonyl (C=O) groups is 1. The van der Waals surface area contributed by atoms with Gasteiger partial charge in [-0.05, 0) is 24.3 Å². The highest BCUT2D eigenvalue weighted by molar-refractivity contribution is 7.89. The Hall–Kier alpha value is -3.04. The third-order valence-corrected chi connectivity index (χ3v) is 6.56. The average molecular weight is 414 g/mol. The molecule has 8 nitrogen and oxygen atoms in total. The number of carbonyl (C=O) groups excluding carboxylic acids is 1. The first kappa shape index (κ1) is 20.7. The Morgan fingerprint density at radius 2 is 1.83 bits per heavy atom. The summed E-state index contributed by atoms with van der Waals surface area (Å²) in [5.74, 6) is -0.479. The first-order valence-corrected chi connectivity index (χ1v) is 10.7. The molecular weight excluding hydrogens is 392 g/mol. The molecule has 0 saturated heterocycles. The van der Waals surface area contributed by atoms with Crippen LogP contribution in [-0.4, -0.2) is 41.5 Å². The Morgan fingerprint density at radius 1 is 1.10 bits per heavy atom. The number of hydrogen-bond donors (Lipinski definition) is 1. The number of nitrogens with zero attached hydrogens (tertiary/aromatic N) is 3. The van der Waals surface area contributed by atoms with Gasteiger partial charge in [0.25, 0.3) is 5.56 Å². The highest BCUT2D eigenvalue weighted by Crippen LogP contribution is 2.19. The third-order valence-electron chi connectivity index (χ3n) is 4.52. The molecule has 0 fully saturated rings. The van der Waals surface area contributed by atoms with Gasteiger partial charge in [-0.2, -0.15) is 9.40 Å². The van der Waals surface area contributed by atoms with E-state index >= 15 is 0 Å². The van der Waals surface area contributed by atoms with E-state index in [1.807, 2.05) is 0 Å². The number of rotatable bonds is 7. The van der Waals surface area contributed by atoms with Crippen LogP contribution in [0.15, 0.2) is 64.4 Å². The molecule has 3 rings (SSSR count). The molecule has 0 aliphatic carbocycles. The molecule has 0 bridgehead atoms. The van der Waals surface area contributed by atoms with Gasteiger partial charge < -0.3 is 5.32 Å². The normalized spacial score (nSPS) is 11.7. The molecule has 0 aliphatic heterocycles. The summed E-state index contributed by atoms with van der Waals surface area (Å²) < 4.78 is 27.7. The Kier molecular flexibility index (Phi) is 6.09. The highest BCUT2D eigenvalue weighted by Gasteiger charge is 2.22. The van der Waals surface area contributed by atoms with Crippen LogP contribution < -0.4 is 10.9 Å². The predicted molar refractivity (Wildman–Crippen MR) is 111 cm³/mol. The molecule has 9 heteroatoms. The first-order chi connectivity index (χ1) is 13.9. The monoisotopic (exact) mass is 414 g/mol. The fraction of sp³-hybridized carbons (Fsp3) is 0.250. The number of anilines is 1. The number of sulfonamides is 1. The molecule has 1 heterocycles. The van der Waals surface area contributed by atoms with Crippen LogP contribution >= 0.6 is 0 Å². The molecule has 0 aliphatic rings. The summed E-state index contributed by atoms with van der Waals surface area (Å²) in [4.78, 5) is 25.0. The molecule has 152 valence electrons. The van der Waals surface area contributed by atoms with Gasteiger partial charge in [0.05, 0.1) is 16.5 Å². The molecule has 29 heavy (non-hydrogen) atoms. The van der Waals surface area contributed by atoms with Crippen molar-refractivity contribution in [2.24, 2.45) is 0 Å². The number of hydrogen-bond acceptors (Lipinski definition) is 5. The van der Waals surface area contributed by atoms with Crippen molar-refractivity contribution >= 4 is 32.4 Å². The largest absolute Gasteiger partial charge is 0.324 e. The minimum absolute atomic E-state index is 0.0972.